The summed E-state index contributed by atoms with van der Waals surface area (Å²) < 4.78 is 3.26. The van der Waals surface area contributed by atoms with Crippen molar-refractivity contribution in [3.8, 4) is 0 Å². The molecule has 1 aliphatic heterocycles. The standard InChI is InChI=1S/C7H9NS/c1-2-4-7-6(3-1)5-8-9-7/h2,4,8H,1,3,5H2. The Kier molecular flexibility index (Phi) is 1.36. The molecule has 2 rings (SSSR count). The Hall–Kier alpha value is -0.210. The van der Waals surface area contributed by atoms with Gasteiger partial charge in [-0.1, -0.05) is 12.2 Å². The second-order valence-corrected chi connectivity index (χ2v) is 3.26. The Morgan fingerprint density at radius 3 is 3.44 bits per heavy atom. The van der Waals surface area contributed by atoms with Crippen LogP contribution >= 0.6 is 11.9 Å². The third kappa shape index (κ3) is 0.926. The fourth-order valence-electron chi connectivity index (χ4n) is 1.17. The van der Waals surface area contributed by atoms with Gasteiger partial charge in [-0.25, -0.2) is 0 Å². The fraction of sp³-hybridized carbons (Fsp3) is 0.429. The van der Waals surface area contributed by atoms with Gasteiger partial charge in [0.25, 0.3) is 0 Å². The molecule has 0 aromatic carbocycles. The first-order chi connectivity index (χ1) is 4.47. The van der Waals surface area contributed by atoms with Gasteiger partial charge < -0.3 is 0 Å². The second-order valence-electron chi connectivity index (χ2n) is 2.33. The first kappa shape index (κ1) is 5.57. The molecule has 9 heavy (non-hydrogen) atoms. The van der Waals surface area contributed by atoms with Crippen molar-refractivity contribution < 1.29 is 0 Å². The predicted molar refractivity (Wildman–Crippen MR) is 41.0 cm³/mol. The van der Waals surface area contributed by atoms with Crippen molar-refractivity contribution in [2.75, 3.05) is 6.54 Å². The van der Waals surface area contributed by atoms with Crippen molar-refractivity contribution in [3.63, 3.8) is 0 Å². The lowest BCUT2D eigenvalue weighted by molar-refractivity contribution is 0.904. The van der Waals surface area contributed by atoms with Crippen LogP contribution in [0.25, 0.3) is 0 Å². The molecule has 48 valence electrons. The molecule has 0 aromatic rings. The van der Waals surface area contributed by atoms with Gasteiger partial charge in [0, 0.05) is 11.4 Å². The zero-order valence-electron chi connectivity index (χ0n) is 5.18. The largest absolute Gasteiger partial charge is 0.256 e. The maximum atomic E-state index is 3.26. The topological polar surface area (TPSA) is 12.0 Å². The number of allylic oxidation sites excluding steroid dienone is 2. The molecule has 2 aliphatic rings. The molecule has 0 unspecified atom stereocenters. The summed E-state index contributed by atoms with van der Waals surface area (Å²) in [4.78, 5) is 1.46. The van der Waals surface area contributed by atoms with Crippen LogP contribution in [0.3, 0.4) is 0 Å². The van der Waals surface area contributed by atoms with E-state index in [0.29, 0.717) is 0 Å². The number of hydrogen-bond acceptors (Lipinski definition) is 2. The van der Waals surface area contributed by atoms with Gasteiger partial charge in [0.1, 0.15) is 0 Å². The minimum Gasteiger partial charge on any atom is -0.256 e. The highest BCUT2D eigenvalue weighted by Gasteiger charge is 2.13. The molecule has 1 heterocycles. The highest BCUT2D eigenvalue weighted by molar-refractivity contribution is 8.01. The van der Waals surface area contributed by atoms with Crippen LogP contribution in [0.5, 0.6) is 0 Å². The minimum atomic E-state index is 1.10. The van der Waals surface area contributed by atoms with Crippen LogP contribution < -0.4 is 4.72 Å². The summed E-state index contributed by atoms with van der Waals surface area (Å²) in [7, 11) is 0. The first-order valence-corrected chi connectivity index (χ1v) is 4.07. The van der Waals surface area contributed by atoms with Crippen molar-refractivity contribution >= 4 is 11.9 Å². The van der Waals surface area contributed by atoms with E-state index in [2.05, 4.69) is 16.9 Å². The molecule has 0 radical (unpaired) electrons. The molecular formula is C7H9NS. The number of rotatable bonds is 0. The van der Waals surface area contributed by atoms with Crippen LogP contribution in [0, 0.1) is 0 Å². The molecular weight excluding hydrogens is 130 g/mol. The van der Waals surface area contributed by atoms with Gasteiger partial charge in [-0.05, 0) is 30.4 Å². The Labute approximate surface area is 59.3 Å². The highest BCUT2D eigenvalue weighted by Crippen LogP contribution is 2.30. The predicted octanol–water partition coefficient (Wildman–Crippen LogP) is 1.84. The highest BCUT2D eigenvalue weighted by atomic mass is 32.2. The van der Waals surface area contributed by atoms with E-state index in [9.17, 15) is 0 Å². The van der Waals surface area contributed by atoms with Crippen molar-refractivity contribution in [1.29, 1.82) is 0 Å². The monoisotopic (exact) mass is 139 g/mol. The summed E-state index contributed by atoms with van der Waals surface area (Å²) in [5.41, 5.74) is 1.60. The van der Waals surface area contributed by atoms with Crippen LogP contribution in [0.1, 0.15) is 12.8 Å². The van der Waals surface area contributed by atoms with Crippen molar-refractivity contribution in [2.24, 2.45) is 0 Å². The van der Waals surface area contributed by atoms with Gasteiger partial charge in [0.2, 0.25) is 0 Å². The Morgan fingerprint density at radius 1 is 1.56 bits per heavy atom. The van der Waals surface area contributed by atoms with E-state index in [1.165, 1.54) is 17.7 Å². The molecule has 1 aliphatic carbocycles. The van der Waals surface area contributed by atoms with Gasteiger partial charge in [-0.15, -0.1) is 0 Å². The SMILES string of the molecule is C1=CC2=C(CC1)CNS2. The Morgan fingerprint density at radius 2 is 2.56 bits per heavy atom. The minimum absolute atomic E-state index is 1.10. The van der Waals surface area contributed by atoms with Crippen LogP contribution in [-0.2, 0) is 0 Å². The molecule has 0 spiro atoms. The van der Waals surface area contributed by atoms with E-state index >= 15 is 0 Å². The maximum Gasteiger partial charge on any atom is 0.0287 e. The van der Waals surface area contributed by atoms with E-state index < -0.39 is 0 Å². The lowest BCUT2D eigenvalue weighted by Gasteiger charge is -2.03. The summed E-state index contributed by atoms with van der Waals surface area (Å²) in [5.74, 6) is 0. The molecule has 1 nitrogen and oxygen atoms in total. The summed E-state index contributed by atoms with van der Waals surface area (Å²) in [5, 5.41) is 0. The summed E-state index contributed by atoms with van der Waals surface area (Å²) in [6.45, 7) is 1.10. The number of hydrogen-bond donors (Lipinski definition) is 1. The average Bonchev–Trinajstić information content (AvgIpc) is 2.33. The molecule has 0 saturated carbocycles. The third-order valence-electron chi connectivity index (χ3n) is 1.70. The molecule has 0 aromatic heterocycles. The third-order valence-corrected chi connectivity index (χ3v) is 2.63. The van der Waals surface area contributed by atoms with E-state index in [-0.39, 0.29) is 0 Å². The van der Waals surface area contributed by atoms with E-state index in [1.54, 1.807) is 17.5 Å². The smallest absolute Gasteiger partial charge is 0.0287 e. The van der Waals surface area contributed by atoms with Crippen molar-refractivity contribution in [3.05, 3.63) is 22.6 Å². The van der Waals surface area contributed by atoms with E-state index in [4.69, 9.17) is 0 Å². The first-order valence-electron chi connectivity index (χ1n) is 3.25. The molecule has 1 N–H and O–H groups in total. The molecule has 0 bridgehead atoms. The quantitative estimate of drug-likeness (QED) is 0.514. The summed E-state index contributed by atoms with van der Waals surface area (Å²) in [6.07, 6.45) is 6.98. The van der Waals surface area contributed by atoms with Gasteiger partial charge in [0.05, 0.1) is 0 Å². The van der Waals surface area contributed by atoms with Crippen molar-refractivity contribution in [2.45, 2.75) is 12.8 Å². The van der Waals surface area contributed by atoms with Crippen LogP contribution in [-0.4, -0.2) is 6.54 Å². The second kappa shape index (κ2) is 2.20. The Bertz CT molecular complexity index is 181. The molecule has 0 amide bonds. The average molecular weight is 139 g/mol. The maximum absolute atomic E-state index is 3.26. The number of nitrogens with one attached hydrogen (secondary N) is 1. The molecule has 2 heteroatoms. The van der Waals surface area contributed by atoms with Gasteiger partial charge in [-0.2, -0.15) is 0 Å². The fourth-order valence-corrected chi connectivity index (χ4v) is 2.06. The zero-order chi connectivity index (χ0) is 6.10. The summed E-state index contributed by atoms with van der Waals surface area (Å²) in [6, 6.07) is 0. The normalized spacial score (nSPS) is 24.9. The van der Waals surface area contributed by atoms with Crippen molar-refractivity contribution in [1.82, 2.24) is 4.72 Å². The van der Waals surface area contributed by atoms with Crippen LogP contribution in [0.4, 0.5) is 0 Å². The zero-order valence-corrected chi connectivity index (χ0v) is 6.00. The Balaban J connectivity index is 2.28. The van der Waals surface area contributed by atoms with Crippen LogP contribution in [0.15, 0.2) is 22.6 Å². The molecule has 0 saturated heterocycles. The molecule has 0 atom stereocenters. The van der Waals surface area contributed by atoms with Crippen LogP contribution in [0.2, 0.25) is 0 Å². The molecule has 0 fully saturated rings. The lowest BCUT2D eigenvalue weighted by atomic mass is 10.1. The lowest BCUT2D eigenvalue weighted by Crippen LogP contribution is -1.99. The van der Waals surface area contributed by atoms with Gasteiger partial charge in [-0.3, -0.25) is 4.72 Å². The summed E-state index contributed by atoms with van der Waals surface area (Å²) >= 11 is 1.77. The van der Waals surface area contributed by atoms with Gasteiger partial charge >= 0.3 is 0 Å². The van der Waals surface area contributed by atoms with E-state index in [0.717, 1.165) is 6.54 Å². The van der Waals surface area contributed by atoms with E-state index in [1.807, 2.05) is 0 Å². The van der Waals surface area contributed by atoms with Gasteiger partial charge in [0.15, 0.2) is 0 Å².